The molecule has 33 heavy (non-hydrogen) atoms. The number of nitrogens with one attached hydrogen (secondary N) is 2. The van der Waals surface area contributed by atoms with Crippen LogP contribution in [0.1, 0.15) is 22.3 Å². The van der Waals surface area contributed by atoms with Gasteiger partial charge in [0.2, 0.25) is 15.9 Å². The third kappa shape index (κ3) is 5.97. The first-order valence-corrected chi connectivity index (χ1v) is 11.9. The minimum absolute atomic E-state index is 0.0204. The van der Waals surface area contributed by atoms with Gasteiger partial charge in [-0.2, -0.15) is 4.72 Å². The highest BCUT2D eigenvalue weighted by atomic mass is 32.2. The summed E-state index contributed by atoms with van der Waals surface area (Å²) in [6, 6.07) is 15.0. The monoisotopic (exact) mass is 470 g/mol. The van der Waals surface area contributed by atoms with E-state index in [2.05, 4.69) is 10.0 Å². The number of rotatable bonds is 8. The van der Waals surface area contributed by atoms with Crippen LogP contribution in [0.4, 0.5) is 10.1 Å². The van der Waals surface area contributed by atoms with Crippen molar-refractivity contribution >= 4 is 21.6 Å². The summed E-state index contributed by atoms with van der Waals surface area (Å²) >= 11 is 0. The number of anilines is 1. The summed E-state index contributed by atoms with van der Waals surface area (Å²) in [5, 5.41) is 2.87. The molecule has 6 nitrogen and oxygen atoms in total. The summed E-state index contributed by atoms with van der Waals surface area (Å²) in [5.41, 5.74) is 4.20. The van der Waals surface area contributed by atoms with E-state index in [1.807, 2.05) is 51.1 Å². The summed E-state index contributed by atoms with van der Waals surface area (Å²) in [6.45, 7) is 5.72. The van der Waals surface area contributed by atoms with Gasteiger partial charge < -0.3 is 10.1 Å². The van der Waals surface area contributed by atoms with Gasteiger partial charge in [0, 0.05) is 5.69 Å². The molecular weight excluding hydrogens is 443 g/mol. The van der Waals surface area contributed by atoms with Crippen molar-refractivity contribution in [1.82, 2.24) is 4.72 Å². The van der Waals surface area contributed by atoms with Gasteiger partial charge in [0.05, 0.1) is 7.11 Å². The minimum Gasteiger partial charge on any atom is -0.495 e. The van der Waals surface area contributed by atoms with Crippen LogP contribution in [0.2, 0.25) is 0 Å². The zero-order valence-electron chi connectivity index (χ0n) is 19.0. The predicted octanol–water partition coefficient (Wildman–Crippen LogP) is 4.29. The lowest BCUT2D eigenvalue weighted by Crippen LogP contribution is -2.45. The molecule has 0 spiro atoms. The summed E-state index contributed by atoms with van der Waals surface area (Å²) in [4.78, 5) is 12.9. The molecule has 0 saturated heterocycles. The molecule has 174 valence electrons. The topological polar surface area (TPSA) is 84.5 Å². The molecule has 0 bridgehead atoms. The molecule has 0 fully saturated rings. The molecule has 3 aromatic carbocycles. The number of aryl methyl sites for hydroxylation is 3. The average Bonchev–Trinajstić information content (AvgIpc) is 2.76. The minimum atomic E-state index is -4.28. The Morgan fingerprint density at radius 1 is 1.00 bits per heavy atom. The zero-order valence-corrected chi connectivity index (χ0v) is 19.8. The van der Waals surface area contributed by atoms with E-state index in [-0.39, 0.29) is 17.1 Å². The summed E-state index contributed by atoms with van der Waals surface area (Å²) < 4.78 is 47.7. The number of methoxy groups -OCH3 is 1. The number of carbonyl (C=O) groups excluding carboxylic acids is 1. The van der Waals surface area contributed by atoms with Crippen molar-refractivity contribution < 1.29 is 22.3 Å². The second-order valence-corrected chi connectivity index (χ2v) is 9.60. The Labute approximate surface area is 193 Å². The van der Waals surface area contributed by atoms with Gasteiger partial charge in [-0.25, -0.2) is 12.8 Å². The standard InChI is InChI=1S/C25H27FN2O4S/c1-16-12-17(2)24(18(3)13-16)27-25(29)21(14-19-8-6-5-7-9-19)28-33(30,31)23-15-20(26)10-11-22(23)32-4/h5-13,15,21,28H,14H2,1-4H3,(H,27,29). The lowest BCUT2D eigenvalue weighted by molar-refractivity contribution is -0.117. The van der Waals surface area contributed by atoms with E-state index in [9.17, 15) is 17.6 Å². The normalized spacial score (nSPS) is 12.3. The Kier molecular flexibility index (Phi) is 7.50. The number of halogens is 1. The third-order valence-corrected chi connectivity index (χ3v) is 6.73. The number of ether oxygens (including phenoxy) is 1. The number of hydrogen-bond donors (Lipinski definition) is 2. The molecular formula is C25H27FN2O4S. The lowest BCUT2D eigenvalue weighted by Gasteiger charge is -2.21. The van der Waals surface area contributed by atoms with Gasteiger partial charge in [-0.15, -0.1) is 0 Å². The Bertz CT molecular complexity index is 1240. The fourth-order valence-corrected chi connectivity index (χ4v) is 5.11. The molecule has 1 amide bonds. The van der Waals surface area contributed by atoms with Crippen LogP contribution < -0.4 is 14.8 Å². The van der Waals surface area contributed by atoms with Gasteiger partial charge in [-0.3, -0.25) is 4.79 Å². The van der Waals surface area contributed by atoms with Crippen LogP contribution in [0.25, 0.3) is 0 Å². The van der Waals surface area contributed by atoms with Crippen molar-refractivity contribution in [1.29, 1.82) is 0 Å². The lowest BCUT2D eigenvalue weighted by atomic mass is 10.0. The predicted molar refractivity (Wildman–Crippen MR) is 126 cm³/mol. The van der Waals surface area contributed by atoms with E-state index in [1.54, 1.807) is 12.1 Å². The molecule has 0 aliphatic carbocycles. The quantitative estimate of drug-likeness (QED) is 0.515. The summed E-state index contributed by atoms with van der Waals surface area (Å²) in [6.07, 6.45) is 0.105. The number of amides is 1. The maximum absolute atomic E-state index is 13.8. The number of sulfonamides is 1. The molecule has 3 aromatic rings. The molecule has 1 atom stereocenters. The van der Waals surface area contributed by atoms with Crippen LogP contribution in [-0.4, -0.2) is 27.5 Å². The zero-order chi connectivity index (χ0) is 24.2. The van der Waals surface area contributed by atoms with Gasteiger partial charge in [-0.1, -0.05) is 48.0 Å². The highest BCUT2D eigenvalue weighted by molar-refractivity contribution is 7.89. The van der Waals surface area contributed by atoms with E-state index in [0.717, 1.165) is 34.4 Å². The highest BCUT2D eigenvalue weighted by Gasteiger charge is 2.29. The first kappa shape index (κ1) is 24.4. The fourth-order valence-electron chi connectivity index (χ4n) is 3.74. The Hall–Kier alpha value is -3.23. The van der Waals surface area contributed by atoms with Gasteiger partial charge >= 0.3 is 0 Å². The molecule has 0 saturated carbocycles. The smallest absolute Gasteiger partial charge is 0.245 e. The maximum Gasteiger partial charge on any atom is 0.245 e. The second kappa shape index (κ2) is 10.1. The number of hydrogen-bond acceptors (Lipinski definition) is 4. The Balaban J connectivity index is 1.96. The molecule has 3 rings (SSSR count). The van der Waals surface area contributed by atoms with Crippen LogP contribution >= 0.6 is 0 Å². The summed E-state index contributed by atoms with van der Waals surface area (Å²) in [7, 11) is -2.99. The number of carbonyl (C=O) groups is 1. The van der Waals surface area contributed by atoms with Crippen molar-refractivity contribution in [3.05, 3.63) is 88.7 Å². The maximum atomic E-state index is 13.8. The Morgan fingerprint density at radius 2 is 1.64 bits per heavy atom. The van der Waals surface area contributed by atoms with Crippen molar-refractivity contribution in [3.8, 4) is 5.75 Å². The average molecular weight is 471 g/mol. The van der Waals surface area contributed by atoms with Crippen molar-refractivity contribution in [2.24, 2.45) is 0 Å². The van der Waals surface area contributed by atoms with E-state index in [4.69, 9.17) is 4.74 Å². The van der Waals surface area contributed by atoms with E-state index < -0.39 is 27.8 Å². The van der Waals surface area contributed by atoms with Crippen LogP contribution in [0, 0.1) is 26.6 Å². The molecule has 8 heteroatoms. The molecule has 2 N–H and O–H groups in total. The first-order chi connectivity index (χ1) is 15.6. The van der Waals surface area contributed by atoms with Crippen molar-refractivity contribution in [2.75, 3.05) is 12.4 Å². The van der Waals surface area contributed by atoms with E-state index in [1.165, 1.54) is 13.2 Å². The first-order valence-electron chi connectivity index (χ1n) is 10.4. The third-order valence-electron chi connectivity index (χ3n) is 5.24. The van der Waals surface area contributed by atoms with Gasteiger partial charge in [0.1, 0.15) is 22.5 Å². The van der Waals surface area contributed by atoms with Gasteiger partial charge in [0.15, 0.2) is 0 Å². The number of benzene rings is 3. The van der Waals surface area contributed by atoms with Crippen LogP contribution in [0.3, 0.4) is 0 Å². The molecule has 0 heterocycles. The summed E-state index contributed by atoms with van der Waals surface area (Å²) in [5.74, 6) is -1.27. The van der Waals surface area contributed by atoms with E-state index >= 15 is 0 Å². The molecule has 0 aromatic heterocycles. The SMILES string of the molecule is COc1ccc(F)cc1S(=O)(=O)NC(Cc1ccccc1)C(=O)Nc1c(C)cc(C)cc1C. The van der Waals surface area contributed by atoms with Crippen molar-refractivity contribution in [2.45, 2.75) is 38.1 Å². The Morgan fingerprint density at radius 3 is 2.24 bits per heavy atom. The van der Waals surface area contributed by atoms with Crippen LogP contribution in [0.15, 0.2) is 65.6 Å². The van der Waals surface area contributed by atoms with Crippen LogP contribution in [-0.2, 0) is 21.2 Å². The molecule has 0 radical (unpaired) electrons. The van der Waals surface area contributed by atoms with Gasteiger partial charge in [-0.05, 0) is 62.1 Å². The fraction of sp³-hybridized carbons (Fsp3) is 0.240. The second-order valence-electron chi connectivity index (χ2n) is 7.92. The van der Waals surface area contributed by atoms with Crippen molar-refractivity contribution in [3.63, 3.8) is 0 Å². The van der Waals surface area contributed by atoms with Gasteiger partial charge in [0.25, 0.3) is 0 Å². The molecule has 0 aliphatic rings. The highest BCUT2D eigenvalue weighted by Crippen LogP contribution is 2.26. The molecule has 0 aliphatic heterocycles. The molecule has 1 unspecified atom stereocenters. The van der Waals surface area contributed by atoms with Crippen LogP contribution in [0.5, 0.6) is 5.75 Å². The largest absolute Gasteiger partial charge is 0.495 e. The van der Waals surface area contributed by atoms with E-state index in [0.29, 0.717) is 5.69 Å².